The van der Waals surface area contributed by atoms with Crippen molar-refractivity contribution in [2.45, 2.75) is 25.7 Å². The van der Waals surface area contributed by atoms with Crippen LogP contribution in [0.15, 0.2) is 72.1 Å². The predicted octanol–water partition coefficient (Wildman–Crippen LogP) is 4.30. The molecule has 0 bridgehead atoms. The lowest BCUT2D eigenvalue weighted by atomic mass is 9.96. The monoisotopic (exact) mass is 278 g/mol. The number of hydrogen-bond acceptors (Lipinski definition) is 0. The Morgan fingerprint density at radius 1 is 0.650 bits per heavy atom. The molecule has 2 aliphatic rings. The first-order valence-electron chi connectivity index (χ1n) is 7.50. The van der Waals surface area contributed by atoms with Crippen LogP contribution in [0.5, 0.6) is 0 Å². The molecule has 1 heteroatoms. The van der Waals surface area contributed by atoms with Crippen LogP contribution in [-0.4, -0.2) is 5.29 Å². The Hall–Kier alpha value is -1.52. The zero-order valence-electron chi connectivity index (χ0n) is 11.6. The highest BCUT2D eigenvalue weighted by molar-refractivity contribution is 7.93. The Morgan fingerprint density at radius 3 is 1.75 bits per heavy atom. The van der Waals surface area contributed by atoms with Gasteiger partial charge in [-0.2, -0.15) is 0 Å². The van der Waals surface area contributed by atoms with Crippen molar-refractivity contribution in [1.29, 1.82) is 0 Å². The maximum Gasteiger partial charge on any atom is -0.0163 e. The maximum atomic E-state index is 2.63. The van der Waals surface area contributed by atoms with E-state index in [9.17, 15) is 0 Å². The number of fused-ring (bicyclic) bond motifs is 1. The molecule has 0 spiro atoms. The van der Waals surface area contributed by atoms with Gasteiger partial charge in [-0.05, 0) is 59.9 Å². The Morgan fingerprint density at radius 2 is 1.20 bits per heavy atom. The fraction of sp³-hybridized carbons (Fsp3) is 0.211. The minimum Gasteiger partial charge on any atom is -0.0622 e. The normalized spacial score (nSPS) is 19.8. The molecule has 1 aliphatic carbocycles. The van der Waals surface area contributed by atoms with E-state index >= 15 is 0 Å². The molecule has 4 rings (SSSR count). The Balaban J connectivity index is 1.97. The highest BCUT2D eigenvalue weighted by Gasteiger charge is 2.35. The van der Waals surface area contributed by atoms with Gasteiger partial charge in [0, 0.05) is 0 Å². The van der Waals surface area contributed by atoms with Crippen LogP contribution in [0.1, 0.15) is 25.7 Å². The van der Waals surface area contributed by atoms with Gasteiger partial charge in [0.25, 0.3) is 0 Å². The highest BCUT2D eigenvalue weighted by Crippen LogP contribution is 2.60. The summed E-state index contributed by atoms with van der Waals surface area (Å²) in [4.78, 5) is 0. The van der Waals surface area contributed by atoms with Gasteiger partial charge in [-0.25, -0.2) is 0 Å². The molecule has 0 amide bonds. The van der Waals surface area contributed by atoms with Crippen LogP contribution in [0.4, 0.5) is 0 Å². The lowest BCUT2D eigenvalue weighted by Crippen LogP contribution is -2.29. The van der Waals surface area contributed by atoms with Crippen molar-refractivity contribution in [1.82, 2.24) is 0 Å². The molecule has 1 saturated carbocycles. The summed E-state index contributed by atoms with van der Waals surface area (Å²) in [6.07, 6.45) is 5.35. The van der Waals surface area contributed by atoms with Crippen molar-refractivity contribution >= 4 is 22.8 Å². The second kappa shape index (κ2) is 4.79. The van der Waals surface area contributed by atoms with Crippen molar-refractivity contribution in [3.8, 4) is 0 Å². The van der Waals surface area contributed by atoms with E-state index in [0.717, 1.165) is 0 Å². The predicted molar refractivity (Wildman–Crippen MR) is 90.6 cm³/mol. The topological polar surface area (TPSA) is 0 Å². The van der Waals surface area contributed by atoms with Gasteiger partial charge >= 0.3 is 0 Å². The standard InChI is InChI=1S/C19H19P/c1-3-10-17(11-4-1)20(18-12-5-2-6-13-18)15-16-9-7-8-14-19(16)20/h1-6,10-13,15H,7-9,14H2. The summed E-state index contributed by atoms with van der Waals surface area (Å²) in [5.41, 5.74) is 1.66. The number of allylic oxidation sites excluding steroid dienone is 1. The number of hydrogen-bond donors (Lipinski definition) is 0. The van der Waals surface area contributed by atoms with E-state index in [-0.39, 0.29) is 0 Å². The summed E-state index contributed by atoms with van der Waals surface area (Å²) >= 11 is 0. The SMILES string of the molecule is C1=C2CCCCC2=P1(c1ccccc1)c1ccccc1. The third kappa shape index (κ3) is 1.68. The summed E-state index contributed by atoms with van der Waals surface area (Å²) in [5.74, 6) is 2.63. The molecule has 100 valence electrons. The molecule has 2 aromatic carbocycles. The van der Waals surface area contributed by atoms with Gasteiger partial charge in [0.15, 0.2) is 0 Å². The molecule has 0 unspecified atom stereocenters. The van der Waals surface area contributed by atoms with Crippen LogP contribution in [0.2, 0.25) is 0 Å². The summed E-state index contributed by atoms with van der Waals surface area (Å²) in [7, 11) is 0. The first-order chi connectivity index (χ1) is 9.91. The highest BCUT2D eigenvalue weighted by atomic mass is 31.2. The molecular weight excluding hydrogens is 259 g/mol. The van der Waals surface area contributed by atoms with Crippen molar-refractivity contribution in [2.75, 3.05) is 0 Å². The lowest BCUT2D eigenvalue weighted by molar-refractivity contribution is 0.738. The van der Waals surface area contributed by atoms with Crippen LogP contribution in [0, 0.1) is 0 Å². The molecule has 1 heterocycles. The van der Waals surface area contributed by atoms with E-state index < -0.39 is 6.89 Å². The zero-order valence-corrected chi connectivity index (χ0v) is 12.5. The van der Waals surface area contributed by atoms with E-state index in [1.807, 2.05) is 0 Å². The summed E-state index contributed by atoms with van der Waals surface area (Å²) < 4.78 is 0. The number of rotatable bonds is 2. The second-order valence-corrected chi connectivity index (χ2v) is 8.98. The van der Waals surface area contributed by atoms with Crippen LogP contribution in [0.3, 0.4) is 0 Å². The van der Waals surface area contributed by atoms with Gasteiger partial charge in [0.1, 0.15) is 0 Å². The van der Waals surface area contributed by atoms with Gasteiger partial charge in [-0.1, -0.05) is 60.7 Å². The maximum absolute atomic E-state index is 2.63. The van der Waals surface area contributed by atoms with Gasteiger partial charge in [0.05, 0.1) is 0 Å². The van der Waals surface area contributed by atoms with Crippen molar-refractivity contribution in [2.24, 2.45) is 0 Å². The van der Waals surface area contributed by atoms with E-state index in [0.29, 0.717) is 0 Å². The van der Waals surface area contributed by atoms with E-state index in [2.05, 4.69) is 66.5 Å². The van der Waals surface area contributed by atoms with Crippen molar-refractivity contribution in [3.05, 3.63) is 72.1 Å². The molecule has 0 aromatic heterocycles. The smallest absolute Gasteiger partial charge is 0.0163 e. The fourth-order valence-corrected chi connectivity index (χ4v) is 7.99. The molecule has 0 nitrogen and oxygen atoms in total. The van der Waals surface area contributed by atoms with Crippen LogP contribution in [-0.2, 0) is 0 Å². The molecule has 0 atom stereocenters. The average Bonchev–Trinajstić information content (AvgIpc) is 2.51. The molecule has 0 radical (unpaired) electrons. The minimum absolute atomic E-state index is 1.30. The molecule has 0 saturated heterocycles. The third-order valence-electron chi connectivity index (χ3n) is 4.58. The van der Waals surface area contributed by atoms with Gasteiger partial charge in [0.2, 0.25) is 0 Å². The van der Waals surface area contributed by atoms with Crippen LogP contribution < -0.4 is 10.6 Å². The first-order valence-corrected chi connectivity index (χ1v) is 9.35. The summed E-state index contributed by atoms with van der Waals surface area (Å²) in [6, 6.07) is 22.3. The van der Waals surface area contributed by atoms with E-state index in [1.165, 1.54) is 36.3 Å². The molecule has 0 N–H and O–H groups in total. The lowest BCUT2D eigenvalue weighted by Gasteiger charge is -2.40. The van der Waals surface area contributed by atoms with Crippen molar-refractivity contribution in [3.63, 3.8) is 0 Å². The number of benzene rings is 2. The minimum atomic E-state index is -1.35. The van der Waals surface area contributed by atoms with Gasteiger partial charge in [-0.15, -0.1) is 0 Å². The third-order valence-corrected chi connectivity index (χ3v) is 8.87. The Bertz CT molecular complexity index is 664. The van der Waals surface area contributed by atoms with Gasteiger partial charge in [-0.3, -0.25) is 0 Å². The largest absolute Gasteiger partial charge is 0.0622 e. The molecular formula is C19H19P. The Kier molecular flexibility index (Phi) is 2.93. The second-order valence-electron chi connectivity index (χ2n) is 5.70. The average molecular weight is 278 g/mol. The fourth-order valence-electron chi connectivity index (χ4n) is 3.64. The molecule has 20 heavy (non-hydrogen) atoms. The zero-order chi connectivity index (χ0) is 13.4. The molecule has 1 aliphatic heterocycles. The molecule has 2 aromatic rings. The van der Waals surface area contributed by atoms with Crippen LogP contribution in [0.25, 0.3) is 0 Å². The van der Waals surface area contributed by atoms with E-state index in [1.54, 1.807) is 10.9 Å². The van der Waals surface area contributed by atoms with Crippen LogP contribution >= 0.6 is 6.89 Å². The summed E-state index contributed by atoms with van der Waals surface area (Å²) in [5, 5.41) is 4.85. The Labute approximate surface area is 121 Å². The van der Waals surface area contributed by atoms with E-state index in [4.69, 9.17) is 0 Å². The first kappa shape index (κ1) is 12.2. The van der Waals surface area contributed by atoms with Crippen molar-refractivity contribution < 1.29 is 0 Å². The molecule has 1 fully saturated rings. The van der Waals surface area contributed by atoms with Gasteiger partial charge < -0.3 is 0 Å². The quantitative estimate of drug-likeness (QED) is 0.719. The summed E-state index contributed by atoms with van der Waals surface area (Å²) in [6.45, 7) is -1.35.